The van der Waals surface area contributed by atoms with Gasteiger partial charge in [-0.2, -0.15) is 0 Å². The van der Waals surface area contributed by atoms with E-state index in [0.717, 1.165) is 5.41 Å². The van der Waals surface area contributed by atoms with Crippen molar-refractivity contribution in [3.05, 3.63) is 0 Å². The predicted octanol–water partition coefficient (Wildman–Crippen LogP) is 1.81. The second-order valence-corrected chi connectivity index (χ2v) is 3.68. The predicted molar refractivity (Wildman–Crippen MR) is 27.9 cm³/mol. The fourth-order valence-electron chi connectivity index (χ4n) is 2.95. The van der Waals surface area contributed by atoms with E-state index in [-0.39, 0.29) is 0 Å². The molecule has 7 heavy (non-hydrogen) atoms. The monoisotopic (exact) mass is 94.1 g/mol. The molecular formula is C7H10. The molecule has 4 fully saturated rings. The van der Waals surface area contributed by atoms with Gasteiger partial charge >= 0.3 is 0 Å². The molecule has 3 atom stereocenters. The average Bonchev–Trinajstić information content (AvgIpc) is 2.04. The molecule has 0 aromatic carbocycles. The first-order valence-electron chi connectivity index (χ1n) is 3.41. The first kappa shape index (κ1) is 3.11. The van der Waals surface area contributed by atoms with E-state index >= 15 is 0 Å². The molecule has 4 saturated carbocycles. The Labute approximate surface area is 43.9 Å². The second kappa shape index (κ2) is 0.586. The van der Waals surface area contributed by atoms with E-state index in [9.17, 15) is 0 Å². The third kappa shape index (κ3) is 0.167. The number of rotatable bonds is 0. The van der Waals surface area contributed by atoms with Crippen molar-refractivity contribution >= 4 is 0 Å². The molecule has 2 bridgehead atoms. The topological polar surface area (TPSA) is 0 Å². The lowest BCUT2D eigenvalue weighted by atomic mass is 9.85. The molecule has 0 heteroatoms. The van der Waals surface area contributed by atoms with Crippen LogP contribution in [0.4, 0.5) is 0 Å². The van der Waals surface area contributed by atoms with Crippen LogP contribution in [0.2, 0.25) is 0 Å². The molecular weight excluding hydrogens is 84.1 g/mol. The van der Waals surface area contributed by atoms with Gasteiger partial charge in [0.25, 0.3) is 0 Å². The van der Waals surface area contributed by atoms with Gasteiger partial charge in [0.1, 0.15) is 0 Å². The van der Waals surface area contributed by atoms with Crippen LogP contribution < -0.4 is 0 Å². The third-order valence-corrected chi connectivity index (χ3v) is 3.50. The molecule has 0 aromatic heterocycles. The zero-order chi connectivity index (χ0) is 4.48. The van der Waals surface area contributed by atoms with Crippen molar-refractivity contribution in [1.82, 2.24) is 0 Å². The van der Waals surface area contributed by atoms with Crippen molar-refractivity contribution in [2.75, 3.05) is 0 Å². The molecule has 0 N–H and O–H groups in total. The third-order valence-electron chi connectivity index (χ3n) is 3.50. The molecule has 0 amide bonds. The van der Waals surface area contributed by atoms with Crippen LogP contribution in [0.5, 0.6) is 0 Å². The lowest BCUT2D eigenvalue weighted by Gasteiger charge is -2.20. The lowest BCUT2D eigenvalue weighted by Crippen LogP contribution is -2.13. The Bertz CT molecular complexity index is 122. The Kier molecular flexibility index (Phi) is 0.260. The van der Waals surface area contributed by atoms with Crippen molar-refractivity contribution in [1.29, 1.82) is 0 Å². The van der Waals surface area contributed by atoms with Crippen LogP contribution in [0.3, 0.4) is 0 Å². The number of fused-ring (bicyclic) bond motifs is 1. The summed E-state index contributed by atoms with van der Waals surface area (Å²) in [5.41, 5.74) is 1.00. The minimum atomic E-state index is 1.00. The van der Waals surface area contributed by atoms with Crippen LogP contribution in [0, 0.1) is 17.3 Å². The molecule has 0 aromatic rings. The van der Waals surface area contributed by atoms with Crippen LogP contribution in [0.25, 0.3) is 0 Å². The van der Waals surface area contributed by atoms with Gasteiger partial charge in [0.15, 0.2) is 0 Å². The molecule has 0 nitrogen and oxygen atoms in total. The van der Waals surface area contributed by atoms with Gasteiger partial charge in [-0.15, -0.1) is 0 Å². The van der Waals surface area contributed by atoms with Crippen molar-refractivity contribution in [3.8, 4) is 0 Å². The molecule has 1 spiro atoms. The largest absolute Gasteiger partial charge is 0.0496 e. The van der Waals surface area contributed by atoms with Gasteiger partial charge in [-0.1, -0.05) is 0 Å². The van der Waals surface area contributed by atoms with Crippen molar-refractivity contribution in [3.63, 3.8) is 0 Å². The molecule has 3 unspecified atom stereocenters. The summed E-state index contributed by atoms with van der Waals surface area (Å²) in [6.45, 7) is 0. The van der Waals surface area contributed by atoms with E-state index in [4.69, 9.17) is 0 Å². The molecule has 4 aliphatic rings. The van der Waals surface area contributed by atoms with E-state index in [1.165, 1.54) is 11.8 Å². The standard InChI is InChI=1S/C7H10/c1-2-7-3-5(1)6(7)4-7/h5-6H,1-4H2. The Hall–Kier alpha value is 0. The molecule has 0 radical (unpaired) electrons. The molecule has 0 aliphatic heterocycles. The fraction of sp³-hybridized carbons (Fsp3) is 1.00. The summed E-state index contributed by atoms with van der Waals surface area (Å²) < 4.78 is 0. The zero-order valence-electron chi connectivity index (χ0n) is 4.48. The zero-order valence-corrected chi connectivity index (χ0v) is 4.48. The van der Waals surface area contributed by atoms with Crippen molar-refractivity contribution < 1.29 is 0 Å². The number of hydrogen-bond donors (Lipinski definition) is 0. The molecule has 0 saturated heterocycles. The Morgan fingerprint density at radius 2 is 2.29 bits per heavy atom. The Balaban J connectivity index is 2.16. The highest BCUT2D eigenvalue weighted by atomic mass is 14.7. The van der Waals surface area contributed by atoms with Gasteiger partial charge in [-0.3, -0.25) is 0 Å². The Morgan fingerprint density at radius 1 is 1.29 bits per heavy atom. The highest BCUT2D eigenvalue weighted by Crippen LogP contribution is 2.79. The quantitative estimate of drug-likeness (QED) is 0.429. The van der Waals surface area contributed by atoms with Crippen LogP contribution in [-0.2, 0) is 0 Å². The van der Waals surface area contributed by atoms with E-state index < -0.39 is 0 Å². The van der Waals surface area contributed by atoms with E-state index in [2.05, 4.69) is 0 Å². The van der Waals surface area contributed by atoms with Gasteiger partial charge in [-0.25, -0.2) is 0 Å². The molecule has 38 valence electrons. The fourth-order valence-corrected chi connectivity index (χ4v) is 2.95. The van der Waals surface area contributed by atoms with E-state index in [0.29, 0.717) is 0 Å². The van der Waals surface area contributed by atoms with Gasteiger partial charge in [0, 0.05) is 0 Å². The SMILES string of the molecule is C1CC23CC1C2C3. The smallest absolute Gasteiger partial charge is 0.0261 e. The normalized spacial score (nSPS) is 72.0. The highest BCUT2D eigenvalue weighted by molar-refractivity contribution is 5.20. The summed E-state index contributed by atoms with van der Waals surface area (Å²) in [5, 5.41) is 0. The summed E-state index contributed by atoms with van der Waals surface area (Å²) in [6, 6.07) is 0. The van der Waals surface area contributed by atoms with Gasteiger partial charge in [0.2, 0.25) is 0 Å². The summed E-state index contributed by atoms with van der Waals surface area (Å²) in [4.78, 5) is 0. The van der Waals surface area contributed by atoms with Gasteiger partial charge < -0.3 is 0 Å². The molecule has 0 heterocycles. The minimum absolute atomic E-state index is 1.00. The summed E-state index contributed by atoms with van der Waals surface area (Å²) in [5.74, 6) is 2.48. The summed E-state index contributed by atoms with van der Waals surface area (Å²) in [6.07, 6.45) is 6.43. The van der Waals surface area contributed by atoms with Gasteiger partial charge in [0.05, 0.1) is 0 Å². The number of hydrogen-bond acceptors (Lipinski definition) is 0. The summed E-state index contributed by atoms with van der Waals surface area (Å²) in [7, 11) is 0. The maximum atomic E-state index is 1.62. The summed E-state index contributed by atoms with van der Waals surface area (Å²) >= 11 is 0. The lowest BCUT2D eigenvalue weighted by molar-refractivity contribution is 0.288. The van der Waals surface area contributed by atoms with Crippen LogP contribution >= 0.6 is 0 Å². The van der Waals surface area contributed by atoms with Crippen molar-refractivity contribution in [2.24, 2.45) is 17.3 Å². The molecule has 4 aliphatic carbocycles. The van der Waals surface area contributed by atoms with E-state index in [1.807, 2.05) is 0 Å². The van der Waals surface area contributed by atoms with Crippen molar-refractivity contribution in [2.45, 2.75) is 25.7 Å². The molecule has 4 rings (SSSR count). The average molecular weight is 94.2 g/mol. The van der Waals surface area contributed by atoms with Gasteiger partial charge in [-0.05, 0) is 42.9 Å². The first-order chi connectivity index (χ1) is 3.41. The minimum Gasteiger partial charge on any atom is -0.0496 e. The van der Waals surface area contributed by atoms with Crippen LogP contribution in [0.1, 0.15) is 25.7 Å². The first-order valence-corrected chi connectivity index (χ1v) is 3.41. The second-order valence-electron chi connectivity index (χ2n) is 3.68. The Morgan fingerprint density at radius 3 is 2.43 bits per heavy atom. The van der Waals surface area contributed by atoms with E-state index in [1.54, 1.807) is 25.7 Å². The highest BCUT2D eigenvalue weighted by Gasteiger charge is 2.70. The van der Waals surface area contributed by atoms with Crippen LogP contribution in [0.15, 0.2) is 0 Å². The van der Waals surface area contributed by atoms with Crippen LogP contribution in [-0.4, -0.2) is 0 Å². The maximum absolute atomic E-state index is 1.62. The maximum Gasteiger partial charge on any atom is -0.0261 e.